The molecule has 9 heteroatoms. The number of halogens is 1. The molecule has 1 amide bonds. The monoisotopic (exact) mass is 370 g/mol. The van der Waals surface area contributed by atoms with Crippen LogP contribution < -0.4 is 4.90 Å². The molecule has 0 aromatic carbocycles. The minimum Gasteiger partial charge on any atom is -0.461 e. The lowest BCUT2D eigenvalue weighted by molar-refractivity contribution is 0.0240. The maximum Gasteiger partial charge on any atom is 0.410 e. The molecule has 1 fully saturated rings. The quantitative estimate of drug-likeness (QED) is 0.755. The third-order valence-electron chi connectivity index (χ3n) is 3.41. The van der Waals surface area contributed by atoms with Crippen molar-refractivity contribution in [3.63, 3.8) is 0 Å². The summed E-state index contributed by atoms with van der Waals surface area (Å²) >= 11 is 5.98. The second-order valence-corrected chi connectivity index (χ2v) is 6.95. The van der Waals surface area contributed by atoms with Crippen LogP contribution in [0.25, 0.3) is 0 Å². The molecular formula is C16H23ClN4O4. The van der Waals surface area contributed by atoms with Crippen LogP contribution in [-0.4, -0.2) is 65.3 Å². The van der Waals surface area contributed by atoms with Crippen LogP contribution in [0.2, 0.25) is 5.02 Å². The van der Waals surface area contributed by atoms with Crippen LogP contribution in [0.5, 0.6) is 0 Å². The van der Waals surface area contributed by atoms with E-state index in [1.807, 2.05) is 25.7 Å². The van der Waals surface area contributed by atoms with Crippen molar-refractivity contribution in [3.8, 4) is 0 Å². The minimum absolute atomic E-state index is 0.0445. The number of nitrogens with zero attached hydrogens (tertiary/aromatic N) is 4. The molecule has 1 saturated heterocycles. The van der Waals surface area contributed by atoms with Crippen LogP contribution in [0.4, 0.5) is 10.7 Å². The van der Waals surface area contributed by atoms with Crippen molar-refractivity contribution in [2.75, 3.05) is 37.7 Å². The molecule has 0 radical (unpaired) electrons. The molecule has 8 nitrogen and oxygen atoms in total. The molecule has 0 N–H and O–H groups in total. The van der Waals surface area contributed by atoms with Gasteiger partial charge in [0.1, 0.15) is 5.60 Å². The van der Waals surface area contributed by atoms with Crippen molar-refractivity contribution in [2.24, 2.45) is 0 Å². The van der Waals surface area contributed by atoms with Gasteiger partial charge in [-0.15, -0.1) is 0 Å². The molecule has 0 atom stereocenters. The van der Waals surface area contributed by atoms with Crippen molar-refractivity contribution in [2.45, 2.75) is 33.3 Å². The normalized spacial score (nSPS) is 15.1. The van der Waals surface area contributed by atoms with Gasteiger partial charge in [0.15, 0.2) is 5.69 Å². The first kappa shape index (κ1) is 19.2. The van der Waals surface area contributed by atoms with Crippen LogP contribution in [0.3, 0.4) is 0 Å². The second kappa shape index (κ2) is 7.86. The molecule has 0 spiro atoms. The zero-order valence-corrected chi connectivity index (χ0v) is 15.7. The molecule has 1 aromatic rings. The smallest absolute Gasteiger partial charge is 0.410 e. The number of aromatic nitrogens is 2. The van der Waals surface area contributed by atoms with Crippen LogP contribution >= 0.6 is 11.6 Å². The van der Waals surface area contributed by atoms with E-state index in [1.54, 1.807) is 11.8 Å². The van der Waals surface area contributed by atoms with Gasteiger partial charge in [-0.3, -0.25) is 0 Å². The summed E-state index contributed by atoms with van der Waals surface area (Å²) in [5.74, 6) is -0.195. The summed E-state index contributed by atoms with van der Waals surface area (Å²) in [6.45, 7) is 9.48. The Kier molecular flexibility index (Phi) is 6.05. The Balaban J connectivity index is 2.02. The highest BCUT2D eigenvalue weighted by Crippen LogP contribution is 2.19. The number of hydrogen-bond donors (Lipinski definition) is 0. The van der Waals surface area contributed by atoms with E-state index in [0.717, 1.165) is 0 Å². The lowest BCUT2D eigenvalue weighted by Gasteiger charge is -2.35. The summed E-state index contributed by atoms with van der Waals surface area (Å²) in [7, 11) is 0. The van der Waals surface area contributed by atoms with Crippen LogP contribution in [0.1, 0.15) is 38.2 Å². The van der Waals surface area contributed by atoms with Gasteiger partial charge in [-0.2, -0.15) is 0 Å². The fourth-order valence-electron chi connectivity index (χ4n) is 2.27. The summed E-state index contributed by atoms with van der Waals surface area (Å²) in [6, 6.07) is 0. The number of carbonyl (C=O) groups excluding carboxylic acids is 2. The fraction of sp³-hybridized carbons (Fsp3) is 0.625. The Morgan fingerprint density at radius 3 is 2.44 bits per heavy atom. The molecule has 0 aliphatic carbocycles. The molecule has 1 aromatic heterocycles. The van der Waals surface area contributed by atoms with E-state index in [-0.39, 0.29) is 23.4 Å². The fourth-order valence-corrected chi connectivity index (χ4v) is 2.44. The average molecular weight is 371 g/mol. The van der Waals surface area contributed by atoms with Gasteiger partial charge >= 0.3 is 12.1 Å². The molecule has 0 bridgehead atoms. The first-order valence-corrected chi connectivity index (χ1v) is 8.51. The van der Waals surface area contributed by atoms with E-state index in [1.165, 1.54) is 6.20 Å². The molecule has 25 heavy (non-hydrogen) atoms. The molecule has 0 unspecified atom stereocenters. The van der Waals surface area contributed by atoms with Gasteiger partial charge in [-0.05, 0) is 27.7 Å². The standard InChI is InChI=1S/C16H23ClN4O4/c1-5-24-13(22)12-11(17)10-18-14(19-12)20-6-8-21(9-7-20)15(23)25-16(2,3)4/h10H,5-9H2,1-4H3. The number of amides is 1. The number of anilines is 1. The van der Waals surface area contributed by atoms with E-state index in [9.17, 15) is 9.59 Å². The van der Waals surface area contributed by atoms with Crippen molar-refractivity contribution in [1.29, 1.82) is 0 Å². The highest BCUT2D eigenvalue weighted by atomic mass is 35.5. The second-order valence-electron chi connectivity index (χ2n) is 6.54. The summed E-state index contributed by atoms with van der Waals surface area (Å²) in [4.78, 5) is 35.9. The summed E-state index contributed by atoms with van der Waals surface area (Å²) in [5.41, 5.74) is -0.481. The Labute approximate surface area is 152 Å². The molecule has 2 heterocycles. The zero-order chi connectivity index (χ0) is 18.6. The topological polar surface area (TPSA) is 84.9 Å². The number of piperazine rings is 1. The Morgan fingerprint density at radius 2 is 1.88 bits per heavy atom. The van der Waals surface area contributed by atoms with Gasteiger partial charge in [0.25, 0.3) is 0 Å². The maximum absolute atomic E-state index is 12.1. The molecule has 1 aliphatic rings. The predicted octanol–water partition coefficient (Wildman–Crippen LogP) is 2.36. The molecular weight excluding hydrogens is 348 g/mol. The summed E-state index contributed by atoms with van der Waals surface area (Å²) in [6.07, 6.45) is 1.05. The number of hydrogen-bond acceptors (Lipinski definition) is 7. The zero-order valence-electron chi connectivity index (χ0n) is 14.9. The van der Waals surface area contributed by atoms with E-state index in [4.69, 9.17) is 21.1 Å². The van der Waals surface area contributed by atoms with Gasteiger partial charge in [-0.1, -0.05) is 11.6 Å². The van der Waals surface area contributed by atoms with Gasteiger partial charge in [-0.25, -0.2) is 19.6 Å². The Bertz CT molecular complexity index is 640. The van der Waals surface area contributed by atoms with Gasteiger partial charge in [0.2, 0.25) is 5.95 Å². The first-order chi connectivity index (χ1) is 11.7. The van der Waals surface area contributed by atoms with Crippen molar-refractivity contribution >= 4 is 29.6 Å². The average Bonchev–Trinajstić information content (AvgIpc) is 2.54. The SMILES string of the molecule is CCOC(=O)c1nc(N2CCN(C(=O)OC(C)(C)C)CC2)ncc1Cl. The summed E-state index contributed by atoms with van der Waals surface area (Å²) < 4.78 is 10.3. The van der Waals surface area contributed by atoms with Gasteiger partial charge in [0.05, 0.1) is 17.8 Å². The van der Waals surface area contributed by atoms with Gasteiger partial charge in [0, 0.05) is 26.2 Å². The molecule has 2 rings (SSSR count). The van der Waals surface area contributed by atoms with Crippen molar-refractivity contribution < 1.29 is 19.1 Å². The maximum atomic E-state index is 12.1. The molecule has 1 aliphatic heterocycles. The van der Waals surface area contributed by atoms with Gasteiger partial charge < -0.3 is 19.3 Å². The van der Waals surface area contributed by atoms with Crippen LogP contribution in [-0.2, 0) is 9.47 Å². The Morgan fingerprint density at radius 1 is 1.24 bits per heavy atom. The third-order valence-corrected chi connectivity index (χ3v) is 3.69. The predicted molar refractivity (Wildman–Crippen MR) is 93.0 cm³/mol. The number of esters is 1. The van der Waals surface area contributed by atoms with Crippen LogP contribution in [0.15, 0.2) is 6.20 Å². The lowest BCUT2D eigenvalue weighted by Crippen LogP contribution is -2.50. The van der Waals surface area contributed by atoms with E-state index < -0.39 is 11.6 Å². The van der Waals surface area contributed by atoms with E-state index >= 15 is 0 Å². The number of ether oxygens (including phenoxy) is 2. The lowest BCUT2D eigenvalue weighted by atomic mass is 10.2. The van der Waals surface area contributed by atoms with Crippen molar-refractivity contribution in [1.82, 2.24) is 14.9 Å². The highest BCUT2D eigenvalue weighted by Gasteiger charge is 2.27. The summed E-state index contributed by atoms with van der Waals surface area (Å²) in [5, 5.41) is 0.148. The van der Waals surface area contributed by atoms with Crippen LogP contribution in [0, 0.1) is 0 Å². The van der Waals surface area contributed by atoms with E-state index in [2.05, 4.69) is 9.97 Å². The third kappa shape index (κ3) is 5.19. The Hall–Kier alpha value is -2.09. The minimum atomic E-state index is -0.580. The first-order valence-electron chi connectivity index (χ1n) is 8.14. The largest absolute Gasteiger partial charge is 0.461 e. The van der Waals surface area contributed by atoms with Crippen molar-refractivity contribution in [3.05, 3.63) is 16.9 Å². The molecule has 138 valence electrons. The molecule has 0 saturated carbocycles. The number of carbonyl (C=O) groups is 2. The number of rotatable bonds is 3. The van der Waals surface area contributed by atoms with E-state index in [0.29, 0.717) is 32.1 Å². The highest BCUT2D eigenvalue weighted by molar-refractivity contribution is 6.33.